The van der Waals surface area contributed by atoms with E-state index in [1.165, 1.54) is 42.5 Å². The Morgan fingerprint density at radius 3 is 1.78 bits per heavy atom. The summed E-state index contributed by atoms with van der Waals surface area (Å²) in [5.41, 5.74) is 1.42. The van der Waals surface area contributed by atoms with Crippen molar-refractivity contribution in [1.29, 1.82) is 0 Å². The van der Waals surface area contributed by atoms with E-state index in [2.05, 4.69) is 9.69 Å². The first kappa shape index (κ1) is 15.7. The molecule has 0 bridgehead atoms. The molecule has 0 saturated carbocycles. The molecule has 0 spiro atoms. The highest BCUT2D eigenvalue weighted by Gasteiger charge is 2.07. The Hall–Kier alpha value is -3.70. The molecule has 0 saturated heterocycles. The van der Waals surface area contributed by atoms with Crippen molar-refractivity contribution in [1.82, 2.24) is 0 Å². The number of hydrogen-bond donors (Lipinski definition) is 3. The van der Waals surface area contributed by atoms with Gasteiger partial charge in [-0.1, -0.05) is 30.4 Å². The van der Waals surface area contributed by atoms with Crippen LogP contribution < -0.4 is 0 Å². The fourth-order valence-corrected chi connectivity index (χ4v) is 1.84. The van der Waals surface area contributed by atoms with Crippen molar-refractivity contribution < 1.29 is 15.3 Å². The van der Waals surface area contributed by atoms with Crippen LogP contribution in [0.25, 0.3) is 21.8 Å². The van der Waals surface area contributed by atoms with Crippen LogP contribution in [0.15, 0.2) is 53.9 Å². The highest BCUT2D eigenvalue weighted by Crippen LogP contribution is 2.28. The molecule has 5 nitrogen and oxygen atoms in total. The lowest BCUT2D eigenvalue weighted by atomic mass is 10.1. The predicted octanol–water partition coefficient (Wildman–Crippen LogP) is 4.02. The van der Waals surface area contributed by atoms with Gasteiger partial charge in [0.1, 0.15) is 5.75 Å². The number of nitrogens with zero attached hydrogens (tertiary/aromatic N) is 2. The van der Waals surface area contributed by atoms with Gasteiger partial charge in [0.2, 0.25) is 0 Å². The van der Waals surface area contributed by atoms with Crippen molar-refractivity contribution in [2.24, 2.45) is 0 Å². The van der Waals surface area contributed by atoms with Crippen molar-refractivity contribution in [2.75, 3.05) is 0 Å². The van der Waals surface area contributed by atoms with Crippen LogP contribution in [-0.2, 0) is 0 Å². The molecule has 0 radical (unpaired) electrons. The molecule has 5 heteroatoms. The van der Waals surface area contributed by atoms with Crippen molar-refractivity contribution >= 4 is 12.2 Å². The van der Waals surface area contributed by atoms with Crippen LogP contribution >= 0.6 is 0 Å². The molecule has 2 aromatic rings. The Morgan fingerprint density at radius 2 is 1.26 bits per heavy atom. The van der Waals surface area contributed by atoms with Gasteiger partial charge in [-0.25, -0.2) is 0 Å². The fourth-order valence-electron chi connectivity index (χ4n) is 1.84. The van der Waals surface area contributed by atoms with Crippen LogP contribution in [0.3, 0.4) is 0 Å². The maximum absolute atomic E-state index is 9.49. The van der Waals surface area contributed by atoms with Crippen LogP contribution in [0.1, 0.15) is 11.1 Å². The van der Waals surface area contributed by atoms with Gasteiger partial charge >= 0.3 is 0 Å². The first-order valence-electron chi connectivity index (χ1n) is 6.53. The quantitative estimate of drug-likeness (QED) is 0.455. The zero-order valence-electron chi connectivity index (χ0n) is 11.9. The molecule has 23 heavy (non-hydrogen) atoms. The lowest BCUT2D eigenvalue weighted by Gasteiger charge is -2.01. The largest absolute Gasteiger partial charge is 0.508 e. The molecule has 0 fully saturated rings. The van der Waals surface area contributed by atoms with Crippen molar-refractivity contribution in [3.05, 3.63) is 87.8 Å². The van der Waals surface area contributed by atoms with Gasteiger partial charge in [0.15, 0.2) is 22.9 Å². The molecule has 0 heterocycles. The van der Waals surface area contributed by atoms with Crippen molar-refractivity contribution in [3.8, 4) is 17.2 Å². The van der Waals surface area contributed by atoms with E-state index in [1.54, 1.807) is 12.1 Å². The average molecular weight is 304 g/mol. The summed E-state index contributed by atoms with van der Waals surface area (Å²) in [7, 11) is 0. The monoisotopic (exact) mass is 304 g/mol. The Morgan fingerprint density at radius 1 is 0.739 bits per heavy atom. The van der Waals surface area contributed by atoms with Gasteiger partial charge in [0.25, 0.3) is 0 Å². The minimum Gasteiger partial charge on any atom is -0.508 e. The second-order valence-electron chi connectivity index (χ2n) is 4.62. The van der Waals surface area contributed by atoms with E-state index in [4.69, 9.17) is 13.1 Å². The standard InChI is InChI=1S/C18H12N2O3/c1-19-15(9-12-3-6-14(21)7-4-12)16(20-2)10-13-5-8-17(22)18(23)11-13/h3-11,21-23H/b15-9-,16-10+. The van der Waals surface area contributed by atoms with Gasteiger partial charge in [-0.3, -0.25) is 9.69 Å². The third kappa shape index (κ3) is 3.90. The number of phenols is 3. The minimum atomic E-state index is -0.296. The highest BCUT2D eigenvalue weighted by atomic mass is 16.3. The van der Waals surface area contributed by atoms with Gasteiger partial charge in [-0.2, -0.15) is 0 Å². The minimum absolute atomic E-state index is 0.109. The molecule has 2 rings (SSSR count). The lowest BCUT2D eigenvalue weighted by molar-refractivity contribution is 0.403. The molecule has 2 aromatic carbocycles. The molecular weight excluding hydrogens is 292 g/mol. The van der Waals surface area contributed by atoms with E-state index in [1.807, 2.05) is 0 Å². The summed E-state index contributed by atoms with van der Waals surface area (Å²) in [5.74, 6) is -0.432. The Bertz CT molecular complexity index is 867. The van der Waals surface area contributed by atoms with Crippen LogP contribution in [0.4, 0.5) is 0 Å². The maximum atomic E-state index is 9.49. The summed E-state index contributed by atoms with van der Waals surface area (Å²) in [6.45, 7) is 14.5. The van der Waals surface area contributed by atoms with Gasteiger partial charge in [0, 0.05) is 0 Å². The number of phenolic OH excluding ortho intramolecular Hbond substituents is 3. The molecule has 3 N–H and O–H groups in total. The number of benzene rings is 2. The summed E-state index contributed by atoms with van der Waals surface area (Å²) in [6.07, 6.45) is 2.99. The summed E-state index contributed by atoms with van der Waals surface area (Å²) >= 11 is 0. The van der Waals surface area contributed by atoms with Gasteiger partial charge in [-0.05, 0) is 35.4 Å². The third-order valence-electron chi connectivity index (χ3n) is 3.00. The summed E-state index contributed by atoms with van der Waals surface area (Å²) in [5, 5.41) is 28.0. The van der Waals surface area contributed by atoms with E-state index in [-0.39, 0.29) is 28.6 Å². The van der Waals surface area contributed by atoms with E-state index in [9.17, 15) is 15.3 Å². The highest BCUT2D eigenvalue weighted by molar-refractivity contribution is 5.70. The number of aromatic hydroxyl groups is 3. The summed E-state index contributed by atoms with van der Waals surface area (Å²) < 4.78 is 0. The molecule has 0 aliphatic carbocycles. The second-order valence-corrected chi connectivity index (χ2v) is 4.62. The van der Waals surface area contributed by atoms with E-state index in [0.29, 0.717) is 11.1 Å². The zero-order valence-corrected chi connectivity index (χ0v) is 11.9. The average Bonchev–Trinajstić information content (AvgIpc) is 2.55. The van der Waals surface area contributed by atoms with Crippen molar-refractivity contribution in [3.63, 3.8) is 0 Å². The molecular formula is C18H12N2O3. The van der Waals surface area contributed by atoms with Gasteiger partial charge in [-0.15, -0.1) is 0 Å². The second kappa shape index (κ2) is 6.84. The van der Waals surface area contributed by atoms with Crippen LogP contribution in [0.2, 0.25) is 0 Å². The van der Waals surface area contributed by atoms with Crippen LogP contribution in [0, 0.1) is 13.1 Å². The SMILES string of the molecule is [C-]#[N+]C(=C\c1ccc(O)cc1)/C(=C\c1ccc(O)c(O)c1)[N+]#[C-]. The predicted molar refractivity (Wildman–Crippen MR) is 87.0 cm³/mol. The first-order valence-corrected chi connectivity index (χ1v) is 6.53. The Kier molecular flexibility index (Phi) is 4.66. The zero-order chi connectivity index (χ0) is 16.8. The topological polar surface area (TPSA) is 69.4 Å². The fraction of sp³-hybridized carbons (Fsp3) is 0. The summed E-state index contributed by atoms with van der Waals surface area (Å²) in [6, 6.07) is 10.4. The van der Waals surface area contributed by atoms with E-state index >= 15 is 0 Å². The molecule has 0 aliphatic heterocycles. The lowest BCUT2D eigenvalue weighted by Crippen LogP contribution is -1.82. The molecule has 0 aromatic heterocycles. The van der Waals surface area contributed by atoms with Crippen molar-refractivity contribution in [2.45, 2.75) is 0 Å². The van der Waals surface area contributed by atoms with E-state index in [0.717, 1.165) is 0 Å². The smallest absolute Gasteiger partial charge is 0.195 e. The summed E-state index contributed by atoms with van der Waals surface area (Å²) in [4.78, 5) is 6.72. The molecule has 0 atom stereocenters. The van der Waals surface area contributed by atoms with Crippen LogP contribution in [-0.4, -0.2) is 15.3 Å². The van der Waals surface area contributed by atoms with Gasteiger partial charge in [0.05, 0.1) is 13.1 Å². The number of rotatable bonds is 3. The third-order valence-corrected chi connectivity index (χ3v) is 3.00. The Labute approximate surface area is 133 Å². The molecule has 0 unspecified atom stereocenters. The molecule has 0 amide bonds. The van der Waals surface area contributed by atoms with Crippen LogP contribution in [0.5, 0.6) is 17.2 Å². The maximum Gasteiger partial charge on any atom is 0.195 e. The molecule has 112 valence electrons. The number of hydrogen-bond acceptors (Lipinski definition) is 3. The Balaban J connectivity index is 2.43. The molecule has 0 aliphatic rings. The first-order chi connectivity index (χ1) is 11.0. The normalized spacial score (nSPS) is 11.6. The van der Waals surface area contributed by atoms with E-state index < -0.39 is 0 Å². The van der Waals surface area contributed by atoms with Gasteiger partial charge < -0.3 is 15.3 Å².